The van der Waals surface area contributed by atoms with Crippen LogP contribution < -0.4 is 16.4 Å². The Balaban J connectivity index is 1.66. The molecular formula is C18H29N5O3. The van der Waals surface area contributed by atoms with Gasteiger partial charge in [-0.1, -0.05) is 0 Å². The molecule has 3 rings (SSSR count). The summed E-state index contributed by atoms with van der Waals surface area (Å²) in [6.45, 7) is 2.77. The van der Waals surface area contributed by atoms with E-state index in [4.69, 9.17) is 10.5 Å². The second-order valence-electron chi connectivity index (χ2n) is 7.14. The van der Waals surface area contributed by atoms with Gasteiger partial charge in [-0.25, -0.2) is 4.98 Å². The van der Waals surface area contributed by atoms with Crippen LogP contribution in [0.5, 0.6) is 0 Å². The number of hydrogen-bond donors (Lipinski definition) is 4. The van der Waals surface area contributed by atoms with Crippen molar-refractivity contribution in [1.82, 2.24) is 9.97 Å². The van der Waals surface area contributed by atoms with E-state index < -0.39 is 12.0 Å². The van der Waals surface area contributed by atoms with E-state index in [-0.39, 0.29) is 17.6 Å². The summed E-state index contributed by atoms with van der Waals surface area (Å²) in [5, 5.41) is 16.6. The Hall–Kier alpha value is -1.93. The SMILES string of the molecule is CCO[C@H]1CC[C@@H](Nc2ncc(C(N)=O)c(NC3CCC[C@@H]3O)n2)CC1. The van der Waals surface area contributed by atoms with E-state index in [1.165, 1.54) is 6.20 Å². The second-order valence-corrected chi connectivity index (χ2v) is 7.14. The standard InChI is InChI=1S/C18H29N5O3/c1-2-26-12-8-6-11(7-9-12)21-18-20-10-13(16(19)25)17(23-18)22-14-4-3-5-15(14)24/h10-12,14-15,24H,2-9H2,1H3,(H2,19,25)(H2,20,21,22,23)/t11-,12+,14?,15-/m0/s1. The average molecular weight is 363 g/mol. The molecule has 26 heavy (non-hydrogen) atoms. The molecule has 1 unspecified atom stereocenters. The van der Waals surface area contributed by atoms with E-state index >= 15 is 0 Å². The summed E-state index contributed by atoms with van der Waals surface area (Å²) in [4.78, 5) is 20.4. The maximum atomic E-state index is 11.7. The number of ether oxygens (including phenoxy) is 1. The number of amides is 1. The molecule has 8 nitrogen and oxygen atoms in total. The van der Waals surface area contributed by atoms with Crippen LogP contribution in [0.1, 0.15) is 62.2 Å². The zero-order valence-electron chi connectivity index (χ0n) is 15.3. The van der Waals surface area contributed by atoms with Gasteiger partial charge < -0.3 is 26.2 Å². The molecule has 0 aromatic carbocycles. The first-order valence-electron chi connectivity index (χ1n) is 9.56. The molecule has 2 fully saturated rings. The largest absolute Gasteiger partial charge is 0.391 e. The topological polar surface area (TPSA) is 122 Å². The lowest BCUT2D eigenvalue weighted by Crippen LogP contribution is -2.32. The van der Waals surface area contributed by atoms with Gasteiger partial charge in [0.05, 0.1) is 23.8 Å². The summed E-state index contributed by atoms with van der Waals surface area (Å²) in [7, 11) is 0. The molecule has 0 radical (unpaired) electrons. The van der Waals surface area contributed by atoms with Crippen molar-refractivity contribution in [1.29, 1.82) is 0 Å². The molecule has 2 aliphatic carbocycles. The van der Waals surface area contributed by atoms with Gasteiger partial charge in [0.25, 0.3) is 5.91 Å². The van der Waals surface area contributed by atoms with Crippen molar-refractivity contribution >= 4 is 17.7 Å². The number of nitrogens with zero attached hydrogens (tertiary/aromatic N) is 2. The smallest absolute Gasteiger partial charge is 0.254 e. The fourth-order valence-corrected chi connectivity index (χ4v) is 3.82. The molecule has 2 saturated carbocycles. The first kappa shape index (κ1) is 18.8. The lowest BCUT2D eigenvalue weighted by Gasteiger charge is -2.29. The van der Waals surface area contributed by atoms with Crippen LogP contribution in [0, 0.1) is 0 Å². The van der Waals surface area contributed by atoms with Crippen molar-refractivity contribution in [3.63, 3.8) is 0 Å². The number of primary amides is 1. The lowest BCUT2D eigenvalue weighted by molar-refractivity contribution is 0.0346. The van der Waals surface area contributed by atoms with Crippen molar-refractivity contribution < 1.29 is 14.6 Å². The molecule has 1 aromatic heterocycles. The van der Waals surface area contributed by atoms with Crippen molar-refractivity contribution in [3.05, 3.63) is 11.8 Å². The third kappa shape index (κ3) is 4.62. The molecule has 0 saturated heterocycles. The molecule has 0 spiro atoms. The lowest BCUT2D eigenvalue weighted by atomic mass is 9.93. The number of aliphatic hydroxyl groups is 1. The van der Waals surface area contributed by atoms with Gasteiger partial charge in [0.2, 0.25) is 5.95 Å². The monoisotopic (exact) mass is 363 g/mol. The molecule has 2 atom stereocenters. The molecule has 0 aliphatic heterocycles. The number of hydrogen-bond acceptors (Lipinski definition) is 7. The summed E-state index contributed by atoms with van der Waals surface area (Å²) in [6, 6.07) is 0.175. The summed E-state index contributed by atoms with van der Waals surface area (Å²) in [5.41, 5.74) is 5.69. The fourth-order valence-electron chi connectivity index (χ4n) is 3.82. The summed E-state index contributed by atoms with van der Waals surface area (Å²) in [5.74, 6) is 0.289. The van der Waals surface area contributed by atoms with Crippen LogP contribution >= 0.6 is 0 Å². The summed E-state index contributed by atoms with van der Waals surface area (Å²) in [6.07, 6.45) is 7.93. The van der Waals surface area contributed by atoms with E-state index in [9.17, 15) is 9.90 Å². The minimum absolute atomic E-state index is 0.113. The minimum atomic E-state index is -0.580. The van der Waals surface area contributed by atoms with E-state index in [1.807, 2.05) is 6.92 Å². The van der Waals surface area contributed by atoms with Gasteiger partial charge in [-0.15, -0.1) is 0 Å². The van der Waals surface area contributed by atoms with Crippen LogP contribution in [-0.2, 0) is 4.74 Å². The molecule has 144 valence electrons. The van der Waals surface area contributed by atoms with Crippen molar-refractivity contribution in [3.8, 4) is 0 Å². The first-order chi connectivity index (χ1) is 12.6. The van der Waals surface area contributed by atoms with Gasteiger partial charge >= 0.3 is 0 Å². The maximum absolute atomic E-state index is 11.7. The number of anilines is 2. The van der Waals surface area contributed by atoms with E-state index in [0.717, 1.165) is 51.6 Å². The van der Waals surface area contributed by atoms with Gasteiger partial charge in [-0.2, -0.15) is 4.98 Å². The number of nitrogens with one attached hydrogen (secondary N) is 2. The molecule has 1 amide bonds. The number of carbonyl (C=O) groups is 1. The molecular weight excluding hydrogens is 334 g/mol. The number of rotatable bonds is 7. The molecule has 1 aromatic rings. The quantitative estimate of drug-likeness (QED) is 0.581. The molecule has 8 heteroatoms. The Morgan fingerprint density at radius 2 is 2.04 bits per heavy atom. The molecule has 1 heterocycles. The van der Waals surface area contributed by atoms with Crippen LogP contribution in [0.25, 0.3) is 0 Å². The van der Waals surface area contributed by atoms with Crippen LogP contribution in [0.3, 0.4) is 0 Å². The average Bonchev–Trinajstić information content (AvgIpc) is 3.02. The van der Waals surface area contributed by atoms with Gasteiger partial charge in [0, 0.05) is 18.8 Å². The predicted octanol–water partition coefficient (Wildman–Crippen LogP) is 1.66. The highest BCUT2D eigenvalue weighted by Crippen LogP contribution is 2.26. The second kappa shape index (κ2) is 8.64. The molecule has 5 N–H and O–H groups in total. The van der Waals surface area contributed by atoms with Crippen LogP contribution in [0.2, 0.25) is 0 Å². The number of nitrogens with two attached hydrogens (primary N) is 1. The Kier molecular flexibility index (Phi) is 6.26. The summed E-state index contributed by atoms with van der Waals surface area (Å²) >= 11 is 0. The van der Waals surface area contributed by atoms with Gasteiger partial charge in [0.15, 0.2) is 0 Å². The van der Waals surface area contributed by atoms with Crippen LogP contribution in [0.4, 0.5) is 11.8 Å². The van der Waals surface area contributed by atoms with Crippen molar-refractivity contribution in [2.45, 2.75) is 76.2 Å². The van der Waals surface area contributed by atoms with E-state index in [1.54, 1.807) is 0 Å². The summed E-state index contributed by atoms with van der Waals surface area (Å²) < 4.78 is 5.68. The number of aromatic nitrogens is 2. The highest BCUT2D eigenvalue weighted by atomic mass is 16.5. The van der Waals surface area contributed by atoms with Gasteiger partial charge in [-0.3, -0.25) is 4.79 Å². The number of aliphatic hydroxyl groups excluding tert-OH is 1. The van der Waals surface area contributed by atoms with E-state index in [0.29, 0.717) is 17.9 Å². The third-order valence-electron chi connectivity index (χ3n) is 5.27. The van der Waals surface area contributed by atoms with Crippen molar-refractivity contribution in [2.75, 3.05) is 17.2 Å². The predicted molar refractivity (Wildman–Crippen MR) is 99.1 cm³/mol. The van der Waals surface area contributed by atoms with Crippen LogP contribution in [0.15, 0.2) is 6.20 Å². The number of carbonyl (C=O) groups excluding carboxylic acids is 1. The van der Waals surface area contributed by atoms with Crippen LogP contribution in [-0.4, -0.2) is 51.9 Å². The zero-order chi connectivity index (χ0) is 18.5. The zero-order valence-corrected chi connectivity index (χ0v) is 15.3. The Bertz CT molecular complexity index is 619. The highest BCUT2D eigenvalue weighted by molar-refractivity contribution is 5.97. The normalized spacial score (nSPS) is 28.7. The minimum Gasteiger partial charge on any atom is -0.391 e. The molecule has 2 aliphatic rings. The Labute approximate surface area is 153 Å². The van der Waals surface area contributed by atoms with Gasteiger partial charge in [-0.05, 0) is 51.9 Å². The first-order valence-corrected chi connectivity index (χ1v) is 9.56. The molecule has 0 bridgehead atoms. The van der Waals surface area contributed by atoms with E-state index in [2.05, 4.69) is 20.6 Å². The Morgan fingerprint density at radius 3 is 2.65 bits per heavy atom. The maximum Gasteiger partial charge on any atom is 0.254 e. The highest BCUT2D eigenvalue weighted by Gasteiger charge is 2.27. The Morgan fingerprint density at radius 1 is 1.27 bits per heavy atom. The fraction of sp³-hybridized carbons (Fsp3) is 0.722. The van der Waals surface area contributed by atoms with Crippen molar-refractivity contribution in [2.24, 2.45) is 5.73 Å². The third-order valence-corrected chi connectivity index (χ3v) is 5.27. The van der Waals surface area contributed by atoms with Gasteiger partial charge in [0.1, 0.15) is 5.82 Å².